The Balaban J connectivity index is 1.65. The van der Waals surface area contributed by atoms with Gasteiger partial charge in [0.15, 0.2) is 0 Å². The van der Waals surface area contributed by atoms with Crippen LogP contribution in [0.3, 0.4) is 0 Å². The molecule has 0 radical (unpaired) electrons. The summed E-state index contributed by atoms with van der Waals surface area (Å²) in [6.07, 6.45) is 1.88. The fraction of sp³-hybridized carbons (Fsp3) is 0.211. The van der Waals surface area contributed by atoms with Crippen LogP contribution in [0.1, 0.15) is 12.5 Å². The highest BCUT2D eigenvalue weighted by molar-refractivity contribution is 5.82. The first-order chi connectivity index (χ1) is 11.8. The molecule has 0 aliphatic rings. The van der Waals surface area contributed by atoms with Crippen molar-refractivity contribution < 1.29 is 14.3 Å². The second-order valence-corrected chi connectivity index (χ2v) is 5.32. The van der Waals surface area contributed by atoms with Crippen LogP contribution in [-0.2, 0) is 16.1 Å². The van der Waals surface area contributed by atoms with Crippen LogP contribution in [-0.4, -0.2) is 23.8 Å². The minimum absolute atomic E-state index is 0.129. The predicted octanol–water partition coefficient (Wildman–Crippen LogP) is 3.33. The maximum atomic E-state index is 11.4. The van der Waals surface area contributed by atoms with Crippen LogP contribution in [0.5, 0.6) is 5.75 Å². The number of ether oxygens (including phenoxy) is 2. The first-order valence-electron chi connectivity index (χ1n) is 7.93. The number of hydrogen-bond donors (Lipinski definition) is 1. The van der Waals surface area contributed by atoms with Gasteiger partial charge in [-0.05, 0) is 36.8 Å². The summed E-state index contributed by atoms with van der Waals surface area (Å²) in [5.74, 6) is 0.539. The summed E-state index contributed by atoms with van der Waals surface area (Å²) in [5.41, 5.74) is 5.14. The van der Waals surface area contributed by atoms with Crippen LogP contribution in [0.15, 0.2) is 60.8 Å². The molecule has 2 aromatic carbocycles. The lowest BCUT2D eigenvalue weighted by molar-refractivity contribution is -0.141. The highest BCUT2D eigenvalue weighted by atomic mass is 16.5. The monoisotopic (exact) mass is 324 g/mol. The molecule has 0 bridgehead atoms. The first-order valence-corrected chi connectivity index (χ1v) is 7.93. The summed E-state index contributed by atoms with van der Waals surface area (Å²) >= 11 is 0. The molecule has 3 rings (SSSR count). The van der Waals surface area contributed by atoms with Crippen LogP contribution in [0.2, 0.25) is 0 Å². The van der Waals surface area contributed by atoms with E-state index in [1.165, 1.54) is 0 Å². The van der Waals surface area contributed by atoms with E-state index in [0.717, 1.165) is 22.2 Å². The molecule has 124 valence electrons. The third-order valence-electron chi connectivity index (χ3n) is 3.61. The maximum Gasteiger partial charge on any atom is 0.326 e. The molecule has 0 unspecified atom stereocenters. The summed E-state index contributed by atoms with van der Waals surface area (Å²) in [4.78, 5) is 11.4. The number of esters is 1. The third-order valence-corrected chi connectivity index (χ3v) is 3.61. The van der Waals surface area contributed by atoms with Crippen LogP contribution in [0.4, 0.5) is 0 Å². The second-order valence-electron chi connectivity index (χ2n) is 5.32. The number of nitrogens with zero attached hydrogens (tertiary/aromatic N) is 1. The Morgan fingerprint density at radius 2 is 1.96 bits per heavy atom. The Bertz CT molecular complexity index is 812. The zero-order chi connectivity index (χ0) is 16.8. The number of rotatable bonds is 7. The SMILES string of the molecule is CCOC(=O)CNn1ccc2cc(OCc3ccccc3)ccc21. The lowest BCUT2D eigenvalue weighted by atomic mass is 10.2. The van der Waals surface area contributed by atoms with Crippen molar-refractivity contribution in [3.05, 3.63) is 66.4 Å². The number of fused-ring (bicyclic) bond motifs is 1. The van der Waals surface area contributed by atoms with E-state index in [2.05, 4.69) is 5.43 Å². The van der Waals surface area contributed by atoms with Gasteiger partial charge < -0.3 is 14.9 Å². The van der Waals surface area contributed by atoms with Gasteiger partial charge in [0.1, 0.15) is 18.9 Å². The molecule has 5 heteroatoms. The normalized spacial score (nSPS) is 10.5. The highest BCUT2D eigenvalue weighted by Gasteiger charge is 2.05. The predicted molar refractivity (Wildman–Crippen MR) is 93.6 cm³/mol. The maximum absolute atomic E-state index is 11.4. The lowest BCUT2D eigenvalue weighted by Crippen LogP contribution is -2.23. The highest BCUT2D eigenvalue weighted by Crippen LogP contribution is 2.22. The smallest absolute Gasteiger partial charge is 0.326 e. The number of hydrogen-bond acceptors (Lipinski definition) is 4. The zero-order valence-corrected chi connectivity index (χ0v) is 13.6. The second kappa shape index (κ2) is 7.55. The summed E-state index contributed by atoms with van der Waals surface area (Å²) in [5, 5.41) is 1.04. The van der Waals surface area contributed by atoms with Gasteiger partial charge in [-0.15, -0.1) is 0 Å². The van der Waals surface area contributed by atoms with Crippen molar-refractivity contribution in [2.75, 3.05) is 18.6 Å². The first kappa shape index (κ1) is 15.9. The topological polar surface area (TPSA) is 52.5 Å². The molecule has 0 aliphatic carbocycles. The molecule has 0 fully saturated rings. The molecule has 1 aromatic heterocycles. The minimum Gasteiger partial charge on any atom is -0.489 e. The van der Waals surface area contributed by atoms with E-state index in [1.54, 1.807) is 6.92 Å². The number of carbonyl (C=O) groups is 1. The van der Waals surface area contributed by atoms with Crippen molar-refractivity contribution in [2.24, 2.45) is 0 Å². The van der Waals surface area contributed by atoms with Gasteiger partial charge in [0, 0.05) is 11.6 Å². The van der Waals surface area contributed by atoms with Crippen LogP contribution in [0, 0.1) is 0 Å². The fourth-order valence-corrected chi connectivity index (χ4v) is 2.45. The summed E-state index contributed by atoms with van der Waals surface area (Å²) in [6, 6.07) is 17.9. The molecular formula is C19H20N2O3. The molecule has 0 saturated heterocycles. The van der Waals surface area contributed by atoms with E-state index in [-0.39, 0.29) is 12.5 Å². The van der Waals surface area contributed by atoms with Gasteiger partial charge >= 0.3 is 5.97 Å². The molecule has 1 heterocycles. The van der Waals surface area contributed by atoms with Gasteiger partial charge in [0.25, 0.3) is 0 Å². The van der Waals surface area contributed by atoms with E-state index >= 15 is 0 Å². The molecule has 1 N–H and O–H groups in total. The van der Waals surface area contributed by atoms with Crippen molar-refractivity contribution in [1.82, 2.24) is 4.68 Å². The number of aromatic nitrogens is 1. The standard InChI is InChI=1S/C19H20N2O3/c1-2-23-19(22)13-20-21-11-10-16-12-17(8-9-18(16)21)24-14-15-6-4-3-5-7-15/h3-12,20H,2,13-14H2,1H3. The van der Waals surface area contributed by atoms with E-state index in [0.29, 0.717) is 13.2 Å². The van der Waals surface area contributed by atoms with Crippen molar-refractivity contribution >= 4 is 16.9 Å². The van der Waals surface area contributed by atoms with Crippen molar-refractivity contribution in [3.63, 3.8) is 0 Å². The molecule has 0 atom stereocenters. The van der Waals surface area contributed by atoms with Crippen molar-refractivity contribution in [1.29, 1.82) is 0 Å². The van der Waals surface area contributed by atoms with Crippen molar-refractivity contribution in [3.8, 4) is 5.75 Å². The Kier molecular flexibility index (Phi) is 5.01. The molecule has 24 heavy (non-hydrogen) atoms. The van der Waals surface area contributed by atoms with E-state index < -0.39 is 0 Å². The van der Waals surface area contributed by atoms with Gasteiger partial charge in [-0.2, -0.15) is 0 Å². The van der Waals surface area contributed by atoms with Gasteiger partial charge in [0.2, 0.25) is 0 Å². The molecule has 5 nitrogen and oxygen atoms in total. The van der Waals surface area contributed by atoms with E-state index in [1.807, 2.05) is 65.5 Å². The van der Waals surface area contributed by atoms with Gasteiger partial charge in [0.05, 0.1) is 12.1 Å². The Labute approximate surface area is 140 Å². The molecule has 3 aromatic rings. The van der Waals surface area contributed by atoms with Gasteiger partial charge in [-0.1, -0.05) is 30.3 Å². The third kappa shape index (κ3) is 3.87. The van der Waals surface area contributed by atoms with Gasteiger partial charge in [-0.25, -0.2) is 0 Å². The zero-order valence-electron chi connectivity index (χ0n) is 13.6. The average Bonchev–Trinajstić information content (AvgIpc) is 3.02. The molecule has 0 amide bonds. The summed E-state index contributed by atoms with van der Waals surface area (Å²) in [6.45, 7) is 2.84. The molecule has 0 spiro atoms. The van der Waals surface area contributed by atoms with Gasteiger partial charge in [-0.3, -0.25) is 9.47 Å². The molecule has 0 saturated carbocycles. The molecule has 0 aliphatic heterocycles. The Morgan fingerprint density at radius 1 is 1.12 bits per heavy atom. The Morgan fingerprint density at radius 3 is 2.75 bits per heavy atom. The quantitative estimate of drug-likeness (QED) is 0.677. The Hall–Kier alpha value is -2.95. The van der Waals surface area contributed by atoms with E-state index in [4.69, 9.17) is 9.47 Å². The molecular weight excluding hydrogens is 304 g/mol. The largest absolute Gasteiger partial charge is 0.489 e. The number of nitrogens with one attached hydrogen (secondary N) is 1. The average molecular weight is 324 g/mol. The van der Waals surface area contributed by atoms with Crippen LogP contribution >= 0.6 is 0 Å². The fourth-order valence-electron chi connectivity index (χ4n) is 2.45. The summed E-state index contributed by atoms with van der Waals surface area (Å²) in [7, 11) is 0. The number of carbonyl (C=O) groups excluding carboxylic acids is 1. The van der Waals surface area contributed by atoms with E-state index in [9.17, 15) is 4.79 Å². The number of benzene rings is 2. The van der Waals surface area contributed by atoms with Crippen LogP contribution < -0.4 is 10.2 Å². The van der Waals surface area contributed by atoms with Crippen molar-refractivity contribution in [2.45, 2.75) is 13.5 Å². The lowest BCUT2D eigenvalue weighted by Gasteiger charge is -2.10. The van der Waals surface area contributed by atoms with Crippen LogP contribution in [0.25, 0.3) is 10.9 Å². The summed E-state index contributed by atoms with van der Waals surface area (Å²) < 4.78 is 12.6. The minimum atomic E-state index is -0.276.